The van der Waals surface area contributed by atoms with Crippen molar-refractivity contribution in [1.82, 2.24) is 0 Å². The van der Waals surface area contributed by atoms with Crippen molar-refractivity contribution in [3.05, 3.63) is 58.8 Å². The maximum absolute atomic E-state index is 9.61. The zero-order valence-electron chi connectivity index (χ0n) is 14.2. The number of ether oxygens (including phenoxy) is 3. The first-order valence-electron chi connectivity index (χ1n) is 7.95. The van der Waals surface area contributed by atoms with Crippen molar-refractivity contribution in [1.29, 1.82) is 5.39 Å². The fourth-order valence-corrected chi connectivity index (χ4v) is 2.67. The highest BCUT2D eigenvalue weighted by Crippen LogP contribution is 2.40. The first-order chi connectivity index (χ1) is 11.2. The summed E-state index contributed by atoms with van der Waals surface area (Å²) in [4.78, 5) is 3.54. The Balaban J connectivity index is 0.00000288. The maximum Gasteiger partial charge on any atom is 0.457 e. The van der Waals surface area contributed by atoms with Crippen LogP contribution < -0.4 is 17.1 Å². The van der Waals surface area contributed by atoms with Crippen LogP contribution in [-0.4, -0.2) is 25.5 Å². The summed E-state index contributed by atoms with van der Waals surface area (Å²) < 4.78 is 16.8. The number of benzene rings is 1. The molecule has 24 heavy (non-hydrogen) atoms. The molecule has 1 aromatic carbocycles. The lowest BCUT2D eigenvalue weighted by Gasteiger charge is -2.24. The van der Waals surface area contributed by atoms with Gasteiger partial charge in [0.1, 0.15) is 17.4 Å². The SMILES string of the molecule is CCOC1=CC(c2ccc(OCC)cc2)C([N+]#N)(OCC)C=C1.[Cl-]. The Morgan fingerprint density at radius 2 is 1.71 bits per heavy atom. The van der Waals surface area contributed by atoms with Crippen LogP contribution in [0.3, 0.4) is 0 Å². The Labute approximate surface area is 149 Å². The average Bonchev–Trinajstić information content (AvgIpc) is 2.58. The molecule has 1 aliphatic rings. The van der Waals surface area contributed by atoms with E-state index >= 15 is 0 Å². The van der Waals surface area contributed by atoms with Gasteiger partial charge < -0.3 is 21.9 Å². The van der Waals surface area contributed by atoms with Gasteiger partial charge in [0.2, 0.25) is 5.39 Å². The van der Waals surface area contributed by atoms with Crippen molar-refractivity contribution in [2.45, 2.75) is 32.4 Å². The quantitative estimate of drug-likeness (QED) is 0.694. The molecule has 0 bridgehead atoms. The third-order valence-corrected chi connectivity index (χ3v) is 3.66. The number of allylic oxidation sites excluding steroid dienone is 1. The number of hydrogen-bond donors (Lipinski definition) is 0. The van der Waals surface area contributed by atoms with Crippen molar-refractivity contribution in [2.75, 3.05) is 19.8 Å². The summed E-state index contributed by atoms with van der Waals surface area (Å²) in [5, 5.41) is 9.61. The summed E-state index contributed by atoms with van der Waals surface area (Å²) in [5.41, 5.74) is -0.177. The van der Waals surface area contributed by atoms with Gasteiger partial charge >= 0.3 is 5.72 Å². The Morgan fingerprint density at radius 3 is 2.25 bits per heavy atom. The molecule has 2 rings (SSSR count). The van der Waals surface area contributed by atoms with E-state index in [-0.39, 0.29) is 18.3 Å². The van der Waals surface area contributed by atoms with E-state index in [2.05, 4.69) is 4.98 Å². The molecule has 2 atom stereocenters. The first-order valence-corrected chi connectivity index (χ1v) is 7.95. The lowest BCUT2D eigenvalue weighted by Crippen LogP contribution is -3.00. The predicted octanol–water partition coefficient (Wildman–Crippen LogP) is 1.25. The molecule has 6 heteroatoms. The Morgan fingerprint density at radius 1 is 1.04 bits per heavy atom. The van der Waals surface area contributed by atoms with Gasteiger partial charge in [-0.3, -0.25) is 4.74 Å². The fraction of sp³-hybridized carbons (Fsp3) is 0.444. The number of nitrogens with zero attached hydrogens (tertiary/aromatic N) is 2. The molecular weight excluding hydrogens is 328 g/mol. The summed E-state index contributed by atoms with van der Waals surface area (Å²) in [5.74, 6) is 1.26. The van der Waals surface area contributed by atoms with Gasteiger partial charge in [0.25, 0.3) is 0 Å². The Hall–Kier alpha value is -2.03. The number of hydrogen-bond acceptors (Lipinski definition) is 4. The van der Waals surface area contributed by atoms with E-state index < -0.39 is 5.72 Å². The van der Waals surface area contributed by atoms with Crippen LogP contribution in [0.25, 0.3) is 4.98 Å². The molecule has 2 unspecified atom stereocenters. The van der Waals surface area contributed by atoms with E-state index in [0.717, 1.165) is 17.1 Å². The van der Waals surface area contributed by atoms with Crippen LogP contribution in [0, 0.1) is 5.39 Å². The monoisotopic (exact) mass is 350 g/mol. The molecule has 0 radical (unpaired) electrons. The molecule has 130 valence electrons. The van der Waals surface area contributed by atoms with Gasteiger partial charge in [0.05, 0.1) is 19.8 Å². The lowest BCUT2D eigenvalue weighted by atomic mass is 9.84. The maximum atomic E-state index is 9.61. The first kappa shape index (κ1) is 20.0. The number of rotatable bonds is 7. The minimum absolute atomic E-state index is 0. The molecule has 5 nitrogen and oxygen atoms in total. The molecule has 0 amide bonds. The highest BCUT2D eigenvalue weighted by molar-refractivity contribution is 5.41. The molecule has 0 aliphatic heterocycles. The van der Waals surface area contributed by atoms with E-state index in [4.69, 9.17) is 14.2 Å². The highest BCUT2D eigenvalue weighted by Gasteiger charge is 2.53. The van der Waals surface area contributed by atoms with Crippen LogP contribution in [0.5, 0.6) is 5.75 Å². The van der Waals surface area contributed by atoms with E-state index in [9.17, 15) is 5.39 Å². The van der Waals surface area contributed by atoms with E-state index in [1.54, 1.807) is 12.2 Å². The Bertz CT molecular complexity index is 622. The van der Waals surface area contributed by atoms with Crippen molar-refractivity contribution in [2.24, 2.45) is 0 Å². The second-order valence-corrected chi connectivity index (χ2v) is 5.10. The van der Waals surface area contributed by atoms with E-state index in [1.807, 2.05) is 51.1 Å². The summed E-state index contributed by atoms with van der Waals surface area (Å²) >= 11 is 0. The Kier molecular flexibility index (Phi) is 7.76. The normalized spacial score (nSPS) is 22.1. The lowest BCUT2D eigenvalue weighted by molar-refractivity contribution is -0.0000141. The molecule has 1 aromatic rings. The second-order valence-electron chi connectivity index (χ2n) is 5.10. The minimum Gasteiger partial charge on any atom is -1.00 e. The topological polar surface area (TPSA) is 55.8 Å². The number of diazo groups is 1. The van der Waals surface area contributed by atoms with Crippen molar-refractivity contribution >= 4 is 0 Å². The average molecular weight is 351 g/mol. The zero-order chi connectivity index (χ0) is 16.7. The predicted molar refractivity (Wildman–Crippen MR) is 88.6 cm³/mol. The molecule has 0 heterocycles. The van der Waals surface area contributed by atoms with Crippen molar-refractivity contribution in [3.8, 4) is 5.75 Å². The van der Waals surface area contributed by atoms with Crippen LogP contribution >= 0.6 is 0 Å². The summed E-state index contributed by atoms with van der Waals surface area (Å²) in [6.45, 7) is 7.37. The second kappa shape index (κ2) is 9.31. The van der Waals surface area contributed by atoms with Gasteiger partial charge in [-0.25, -0.2) is 0 Å². The molecule has 0 fully saturated rings. The summed E-state index contributed by atoms with van der Waals surface area (Å²) in [6.07, 6.45) is 5.45. The zero-order valence-corrected chi connectivity index (χ0v) is 15.0. The molecule has 0 spiro atoms. The third-order valence-electron chi connectivity index (χ3n) is 3.66. The van der Waals surface area contributed by atoms with Gasteiger partial charge in [-0.1, -0.05) is 12.1 Å². The van der Waals surface area contributed by atoms with Gasteiger partial charge in [-0.2, -0.15) is 0 Å². The van der Waals surface area contributed by atoms with Crippen LogP contribution in [-0.2, 0) is 9.47 Å². The smallest absolute Gasteiger partial charge is 0.457 e. The summed E-state index contributed by atoms with van der Waals surface area (Å²) in [6, 6.07) is 7.71. The molecule has 0 N–H and O–H groups in total. The largest absolute Gasteiger partial charge is 1.00 e. The molecule has 0 saturated heterocycles. The van der Waals surface area contributed by atoms with Gasteiger partial charge in [-0.15, -0.1) is 0 Å². The van der Waals surface area contributed by atoms with Crippen LogP contribution in [0.1, 0.15) is 32.3 Å². The van der Waals surface area contributed by atoms with Crippen LogP contribution in [0.2, 0.25) is 0 Å². The standard InChI is InChI=1S/C18H23N2O3.ClH/c1-4-21-15-9-7-14(8-10-15)17-13-16(22-5-2)11-12-18(17,20-19)23-6-3;/h7-13,17H,4-6H2,1-3H3;1H/q+1;/p-1. The summed E-state index contributed by atoms with van der Waals surface area (Å²) in [7, 11) is 0. The van der Waals surface area contributed by atoms with Crippen molar-refractivity contribution < 1.29 is 26.6 Å². The molecule has 1 aliphatic carbocycles. The highest BCUT2D eigenvalue weighted by atomic mass is 35.5. The third kappa shape index (κ3) is 4.28. The van der Waals surface area contributed by atoms with Crippen molar-refractivity contribution in [3.63, 3.8) is 0 Å². The van der Waals surface area contributed by atoms with Gasteiger partial charge in [0.15, 0.2) is 4.98 Å². The van der Waals surface area contributed by atoms with Crippen LogP contribution in [0.4, 0.5) is 0 Å². The minimum atomic E-state index is -1.14. The molecular formula is C18H23ClN2O3. The molecule has 0 saturated carbocycles. The van der Waals surface area contributed by atoms with E-state index in [1.165, 1.54) is 0 Å². The fourth-order valence-electron chi connectivity index (χ4n) is 2.67. The molecule has 0 aromatic heterocycles. The van der Waals surface area contributed by atoms with Gasteiger partial charge in [0, 0.05) is 6.08 Å². The van der Waals surface area contributed by atoms with Gasteiger partial charge in [-0.05, 0) is 50.6 Å². The van der Waals surface area contributed by atoms with E-state index in [0.29, 0.717) is 19.8 Å². The number of halogens is 1. The van der Waals surface area contributed by atoms with Crippen LogP contribution in [0.15, 0.2) is 48.3 Å².